The molecule has 1 aromatic heterocycles. The lowest BCUT2D eigenvalue weighted by Gasteiger charge is -2.15. The maximum Gasteiger partial charge on any atom is 0.238 e. The van der Waals surface area contributed by atoms with Crippen LogP contribution in [0, 0.1) is 0 Å². The lowest BCUT2D eigenvalue weighted by atomic mass is 9.94. The number of hydrogen-bond acceptors (Lipinski definition) is 7. The van der Waals surface area contributed by atoms with E-state index in [9.17, 15) is 4.79 Å². The van der Waals surface area contributed by atoms with Crippen LogP contribution in [0.4, 0.5) is 5.69 Å². The van der Waals surface area contributed by atoms with Crippen LogP contribution in [0.5, 0.6) is 11.5 Å². The summed E-state index contributed by atoms with van der Waals surface area (Å²) in [5.41, 5.74) is 2.94. The summed E-state index contributed by atoms with van der Waals surface area (Å²) in [5, 5.41) is 3.67. The summed E-state index contributed by atoms with van der Waals surface area (Å²) in [6, 6.07) is 9.34. The minimum Gasteiger partial charge on any atom is -0.493 e. The van der Waals surface area contributed by atoms with Crippen LogP contribution in [0.25, 0.3) is 10.9 Å². The second-order valence-electron chi connectivity index (χ2n) is 6.89. The standard InChI is InChI=1S/C22H22BrN3O5/c1-28-5-6-30-7-8-31-19-11-16-15(10-18(19)29-2)21(25-12-24-16)20-14-4-3-13(23)9-17(14)26-22(20)27/h3-4,9-12,20H,5-8H2,1-2H3,(H,26,27). The van der Waals surface area contributed by atoms with Gasteiger partial charge in [0.25, 0.3) is 0 Å². The highest BCUT2D eigenvalue weighted by atomic mass is 79.9. The highest BCUT2D eigenvalue weighted by molar-refractivity contribution is 9.10. The van der Waals surface area contributed by atoms with Gasteiger partial charge in [0, 0.05) is 28.7 Å². The predicted molar refractivity (Wildman–Crippen MR) is 119 cm³/mol. The van der Waals surface area contributed by atoms with Crippen molar-refractivity contribution >= 4 is 38.4 Å². The molecule has 1 aliphatic heterocycles. The van der Waals surface area contributed by atoms with Gasteiger partial charge in [-0.1, -0.05) is 22.0 Å². The molecule has 1 unspecified atom stereocenters. The Labute approximate surface area is 188 Å². The van der Waals surface area contributed by atoms with Crippen LogP contribution in [0.2, 0.25) is 0 Å². The van der Waals surface area contributed by atoms with Gasteiger partial charge in [-0.2, -0.15) is 0 Å². The number of ether oxygens (including phenoxy) is 4. The number of methoxy groups -OCH3 is 2. The van der Waals surface area contributed by atoms with E-state index in [1.807, 2.05) is 24.3 Å². The molecule has 0 saturated carbocycles. The highest BCUT2D eigenvalue weighted by Crippen LogP contribution is 2.41. The molecule has 0 bridgehead atoms. The van der Waals surface area contributed by atoms with E-state index in [0.29, 0.717) is 49.1 Å². The van der Waals surface area contributed by atoms with Crippen LogP contribution in [-0.4, -0.2) is 56.5 Å². The van der Waals surface area contributed by atoms with Gasteiger partial charge in [0.2, 0.25) is 5.91 Å². The van der Waals surface area contributed by atoms with Crippen molar-refractivity contribution in [2.24, 2.45) is 0 Å². The van der Waals surface area contributed by atoms with E-state index in [1.165, 1.54) is 6.33 Å². The molecule has 3 aromatic rings. The number of carbonyl (C=O) groups is 1. The molecule has 1 aliphatic rings. The average Bonchev–Trinajstić information content (AvgIpc) is 3.09. The number of aromatic nitrogens is 2. The SMILES string of the molecule is COCCOCCOc1cc2ncnc(C3C(=O)Nc4cc(Br)ccc43)c2cc1OC. The Morgan fingerprint density at radius 3 is 2.68 bits per heavy atom. The lowest BCUT2D eigenvalue weighted by Crippen LogP contribution is -2.15. The van der Waals surface area contributed by atoms with Crippen LogP contribution >= 0.6 is 15.9 Å². The Balaban J connectivity index is 1.64. The minimum absolute atomic E-state index is 0.124. The molecule has 0 aliphatic carbocycles. The molecule has 1 atom stereocenters. The molecular weight excluding hydrogens is 466 g/mol. The molecule has 0 radical (unpaired) electrons. The van der Waals surface area contributed by atoms with Crippen molar-refractivity contribution < 1.29 is 23.7 Å². The van der Waals surface area contributed by atoms with Gasteiger partial charge in [0.1, 0.15) is 18.9 Å². The second kappa shape index (κ2) is 9.59. The Morgan fingerprint density at radius 1 is 1.03 bits per heavy atom. The molecule has 0 saturated heterocycles. The van der Waals surface area contributed by atoms with E-state index in [4.69, 9.17) is 18.9 Å². The van der Waals surface area contributed by atoms with Gasteiger partial charge in [-0.3, -0.25) is 4.79 Å². The fourth-order valence-electron chi connectivity index (χ4n) is 3.55. The fourth-order valence-corrected chi connectivity index (χ4v) is 3.91. The predicted octanol–water partition coefficient (Wildman–Crippen LogP) is 3.53. The van der Waals surface area contributed by atoms with Crippen molar-refractivity contribution in [1.82, 2.24) is 9.97 Å². The van der Waals surface area contributed by atoms with Crippen LogP contribution in [0.15, 0.2) is 41.1 Å². The molecule has 0 spiro atoms. The van der Waals surface area contributed by atoms with Gasteiger partial charge in [0.05, 0.1) is 38.1 Å². The van der Waals surface area contributed by atoms with Gasteiger partial charge in [-0.25, -0.2) is 9.97 Å². The first kappa shape index (κ1) is 21.5. The zero-order valence-electron chi connectivity index (χ0n) is 17.2. The summed E-state index contributed by atoms with van der Waals surface area (Å²) < 4.78 is 22.6. The molecule has 0 fully saturated rings. The van der Waals surface area contributed by atoms with Gasteiger partial charge >= 0.3 is 0 Å². The highest BCUT2D eigenvalue weighted by Gasteiger charge is 2.34. The number of anilines is 1. The second-order valence-corrected chi connectivity index (χ2v) is 7.80. The van der Waals surface area contributed by atoms with Crippen LogP contribution in [0.3, 0.4) is 0 Å². The molecule has 1 N–H and O–H groups in total. The summed E-state index contributed by atoms with van der Waals surface area (Å²) in [7, 11) is 3.20. The Hall–Kier alpha value is -2.75. The first-order valence-electron chi connectivity index (χ1n) is 9.74. The van der Waals surface area contributed by atoms with E-state index < -0.39 is 5.92 Å². The topological polar surface area (TPSA) is 91.8 Å². The summed E-state index contributed by atoms with van der Waals surface area (Å²) in [6.45, 7) is 1.82. The Morgan fingerprint density at radius 2 is 1.87 bits per heavy atom. The number of benzene rings is 2. The Kier molecular flexibility index (Phi) is 6.64. The summed E-state index contributed by atoms with van der Waals surface area (Å²) in [6.07, 6.45) is 1.46. The van der Waals surface area contributed by atoms with Crippen molar-refractivity contribution in [3.8, 4) is 11.5 Å². The fraction of sp³-hybridized carbons (Fsp3) is 0.318. The third-order valence-electron chi connectivity index (χ3n) is 4.99. The molecule has 31 heavy (non-hydrogen) atoms. The molecule has 9 heteroatoms. The number of rotatable bonds is 9. The molecule has 2 heterocycles. The lowest BCUT2D eigenvalue weighted by molar-refractivity contribution is -0.116. The number of nitrogens with one attached hydrogen (secondary N) is 1. The number of fused-ring (bicyclic) bond motifs is 2. The largest absolute Gasteiger partial charge is 0.493 e. The quantitative estimate of drug-likeness (QED) is 0.461. The first-order valence-corrected chi connectivity index (χ1v) is 10.5. The molecule has 1 amide bonds. The van der Waals surface area contributed by atoms with Crippen molar-refractivity contribution in [3.05, 3.63) is 52.4 Å². The zero-order valence-corrected chi connectivity index (χ0v) is 18.8. The van der Waals surface area contributed by atoms with Crippen molar-refractivity contribution in [2.75, 3.05) is 46.0 Å². The number of carbonyl (C=O) groups excluding carboxylic acids is 1. The molecule has 8 nitrogen and oxygen atoms in total. The smallest absolute Gasteiger partial charge is 0.238 e. The van der Waals surface area contributed by atoms with E-state index in [1.54, 1.807) is 20.3 Å². The number of hydrogen-bond donors (Lipinski definition) is 1. The third kappa shape index (κ3) is 4.48. The summed E-state index contributed by atoms with van der Waals surface area (Å²) in [5.74, 6) is 0.435. The van der Waals surface area contributed by atoms with Crippen molar-refractivity contribution in [3.63, 3.8) is 0 Å². The van der Waals surface area contributed by atoms with Gasteiger partial charge in [-0.05, 0) is 23.8 Å². The number of amides is 1. The molecule has 162 valence electrons. The van der Waals surface area contributed by atoms with Crippen molar-refractivity contribution in [2.45, 2.75) is 5.92 Å². The third-order valence-corrected chi connectivity index (χ3v) is 5.48. The van der Waals surface area contributed by atoms with Gasteiger partial charge in [-0.15, -0.1) is 0 Å². The van der Waals surface area contributed by atoms with Crippen molar-refractivity contribution in [1.29, 1.82) is 0 Å². The maximum absolute atomic E-state index is 12.8. The molecule has 4 rings (SSSR count). The van der Waals surface area contributed by atoms with E-state index in [2.05, 4.69) is 31.2 Å². The van der Waals surface area contributed by atoms with Crippen LogP contribution in [0.1, 0.15) is 17.2 Å². The normalized spacial score (nSPS) is 15.1. The van der Waals surface area contributed by atoms with E-state index in [-0.39, 0.29) is 5.91 Å². The maximum atomic E-state index is 12.8. The Bertz CT molecular complexity index is 1110. The summed E-state index contributed by atoms with van der Waals surface area (Å²) >= 11 is 3.44. The first-order chi connectivity index (χ1) is 15.1. The van der Waals surface area contributed by atoms with Gasteiger partial charge in [0.15, 0.2) is 11.5 Å². The van der Waals surface area contributed by atoms with Crippen LogP contribution in [-0.2, 0) is 14.3 Å². The number of nitrogens with zero attached hydrogens (tertiary/aromatic N) is 2. The molecule has 2 aromatic carbocycles. The van der Waals surface area contributed by atoms with Crippen LogP contribution < -0.4 is 14.8 Å². The van der Waals surface area contributed by atoms with Gasteiger partial charge < -0.3 is 24.3 Å². The number of halogens is 1. The monoisotopic (exact) mass is 487 g/mol. The average molecular weight is 488 g/mol. The van der Waals surface area contributed by atoms with E-state index in [0.717, 1.165) is 21.1 Å². The summed E-state index contributed by atoms with van der Waals surface area (Å²) in [4.78, 5) is 21.6. The van der Waals surface area contributed by atoms with E-state index >= 15 is 0 Å². The zero-order chi connectivity index (χ0) is 21.8. The minimum atomic E-state index is -0.528. The molecular formula is C22H22BrN3O5.